The van der Waals surface area contributed by atoms with Crippen LogP contribution in [-0.2, 0) is 4.74 Å². The fourth-order valence-electron chi connectivity index (χ4n) is 5.27. The second-order valence-corrected chi connectivity index (χ2v) is 9.32. The minimum atomic E-state index is 0. The molecule has 10 heteroatoms. The van der Waals surface area contributed by atoms with Crippen LogP contribution in [0, 0.1) is 0 Å². The van der Waals surface area contributed by atoms with Crippen molar-refractivity contribution in [1.29, 1.82) is 0 Å². The van der Waals surface area contributed by atoms with Crippen molar-refractivity contribution in [2.75, 3.05) is 23.9 Å². The van der Waals surface area contributed by atoms with Crippen LogP contribution in [0.5, 0.6) is 0 Å². The molecule has 3 fully saturated rings. The van der Waals surface area contributed by atoms with E-state index in [2.05, 4.69) is 21.8 Å². The molecule has 180 valence electrons. The molecule has 1 saturated heterocycles. The number of aromatic nitrogens is 4. The van der Waals surface area contributed by atoms with Gasteiger partial charge >= 0.3 is 0 Å². The molecule has 0 radical (unpaired) electrons. The summed E-state index contributed by atoms with van der Waals surface area (Å²) in [5, 5.41) is 3.61. The maximum absolute atomic E-state index is 6.10. The number of halogens is 2. The van der Waals surface area contributed by atoms with E-state index in [1.807, 2.05) is 6.33 Å². The second kappa shape index (κ2) is 11.2. The van der Waals surface area contributed by atoms with E-state index < -0.39 is 0 Å². The molecule has 1 aliphatic heterocycles. The van der Waals surface area contributed by atoms with Gasteiger partial charge < -0.3 is 25.3 Å². The Morgan fingerprint density at radius 1 is 1.00 bits per heavy atom. The lowest BCUT2D eigenvalue weighted by Crippen LogP contribution is -2.37. The van der Waals surface area contributed by atoms with E-state index in [1.54, 1.807) is 0 Å². The third-order valence-corrected chi connectivity index (χ3v) is 7.15. The van der Waals surface area contributed by atoms with E-state index in [-0.39, 0.29) is 31.0 Å². The fraction of sp³-hybridized carbons (Fsp3) is 0.773. The number of imidazole rings is 1. The molecular formula is C22H37Cl2N7O. The Labute approximate surface area is 202 Å². The van der Waals surface area contributed by atoms with Crippen molar-refractivity contribution in [1.82, 2.24) is 19.5 Å². The molecule has 0 aromatic carbocycles. The zero-order valence-corrected chi connectivity index (χ0v) is 20.5. The maximum Gasteiger partial charge on any atom is 0.227 e. The Bertz CT molecular complexity index is 859. The van der Waals surface area contributed by atoms with Crippen LogP contribution >= 0.6 is 24.8 Å². The number of anilines is 2. The highest BCUT2D eigenvalue weighted by Crippen LogP contribution is 2.35. The topological polar surface area (TPSA) is 94.1 Å². The Kier molecular flexibility index (Phi) is 8.83. The summed E-state index contributed by atoms with van der Waals surface area (Å²) in [5.41, 5.74) is 7.93. The van der Waals surface area contributed by atoms with Gasteiger partial charge in [0.05, 0.1) is 6.33 Å². The van der Waals surface area contributed by atoms with Gasteiger partial charge in [0.1, 0.15) is 6.23 Å². The number of nitrogens with zero attached hydrogens (tertiary/aromatic N) is 5. The number of hydrogen-bond donors (Lipinski definition) is 2. The lowest BCUT2D eigenvalue weighted by molar-refractivity contribution is 0.0171. The van der Waals surface area contributed by atoms with Gasteiger partial charge in [0, 0.05) is 31.8 Å². The minimum absolute atomic E-state index is 0. The van der Waals surface area contributed by atoms with Gasteiger partial charge in [-0.25, -0.2) is 4.98 Å². The monoisotopic (exact) mass is 485 g/mol. The average Bonchev–Trinajstić information content (AvgIpc) is 3.45. The third-order valence-electron chi connectivity index (χ3n) is 7.15. The van der Waals surface area contributed by atoms with Gasteiger partial charge in [0.25, 0.3) is 0 Å². The van der Waals surface area contributed by atoms with Crippen LogP contribution in [0.2, 0.25) is 0 Å². The molecule has 8 nitrogen and oxygen atoms in total. The Morgan fingerprint density at radius 3 is 2.41 bits per heavy atom. The van der Waals surface area contributed by atoms with Crippen molar-refractivity contribution < 1.29 is 4.74 Å². The van der Waals surface area contributed by atoms with Crippen LogP contribution in [-0.4, -0.2) is 51.5 Å². The summed E-state index contributed by atoms with van der Waals surface area (Å²) in [7, 11) is 2.08. The van der Waals surface area contributed by atoms with Gasteiger partial charge in [-0.2, -0.15) is 9.97 Å². The first-order valence-electron chi connectivity index (χ1n) is 11.8. The Hall–Kier alpha value is -1.35. The molecule has 3 N–H and O–H groups in total. The molecule has 32 heavy (non-hydrogen) atoms. The summed E-state index contributed by atoms with van der Waals surface area (Å²) < 4.78 is 8.33. The average molecular weight is 486 g/mol. The van der Waals surface area contributed by atoms with E-state index >= 15 is 0 Å². The van der Waals surface area contributed by atoms with Gasteiger partial charge in [-0.1, -0.05) is 12.8 Å². The molecule has 2 aromatic heterocycles. The van der Waals surface area contributed by atoms with Gasteiger partial charge in [0.15, 0.2) is 17.0 Å². The van der Waals surface area contributed by atoms with Crippen molar-refractivity contribution in [2.45, 2.75) is 95.0 Å². The molecule has 2 aromatic rings. The van der Waals surface area contributed by atoms with Crippen molar-refractivity contribution in [3.63, 3.8) is 0 Å². The van der Waals surface area contributed by atoms with Gasteiger partial charge in [0.2, 0.25) is 5.95 Å². The smallest absolute Gasteiger partial charge is 0.227 e. The van der Waals surface area contributed by atoms with E-state index in [9.17, 15) is 0 Å². The predicted molar refractivity (Wildman–Crippen MR) is 133 cm³/mol. The molecule has 3 heterocycles. The number of ether oxygens (including phenoxy) is 1. The van der Waals surface area contributed by atoms with Gasteiger partial charge in [-0.05, 0) is 57.8 Å². The quantitative estimate of drug-likeness (QED) is 0.646. The summed E-state index contributed by atoms with van der Waals surface area (Å²) in [6.07, 6.45) is 14.6. The number of fused-ring (bicyclic) bond motifs is 1. The first-order valence-corrected chi connectivity index (χ1v) is 11.8. The van der Waals surface area contributed by atoms with Gasteiger partial charge in [-0.3, -0.25) is 0 Å². The fourth-order valence-corrected chi connectivity index (χ4v) is 5.27. The highest BCUT2D eigenvalue weighted by Gasteiger charge is 2.27. The summed E-state index contributed by atoms with van der Waals surface area (Å²) in [6, 6.07) is 1.21. The number of hydrogen-bond acceptors (Lipinski definition) is 7. The molecule has 2 aliphatic carbocycles. The number of rotatable bonds is 5. The summed E-state index contributed by atoms with van der Waals surface area (Å²) in [5.74, 6) is 1.58. The standard InChI is InChI=1S/C22H35N7O.2ClH/c1-28(18-8-4-5-13-30-18)20-19-21(29(14-24-19)17-6-2-3-7-17)27-22(26-20)25-16-11-9-15(23)10-12-16;;/h14-18H,2-13,23H2,1H3,(H,25,26,27);2*1H/t15-,16-,18?;;. The van der Waals surface area contributed by atoms with E-state index in [4.69, 9.17) is 25.4 Å². The zero-order chi connectivity index (χ0) is 20.5. The van der Waals surface area contributed by atoms with Crippen LogP contribution in [0.25, 0.3) is 11.2 Å². The van der Waals surface area contributed by atoms with E-state index in [0.29, 0.717) is 24.1 Å². The van der Waals surface area contributed by atoms with Crippen LogP contribution < -0.4 is 16.0 Å². The molecule has 0 amide bonds. The van der Waals surface area contributed by atoms with Crippen molar-refractivity contribution in [3.05, 3.63) is 6.33 Å². The number of nitrogens with two attached hydrogens (primary N) is 1. The highest BCUT2D eigenvalue weighted by molar-refractivity contribution is 5.86. The molecule has 5 rings (SSSR count). The lowest BCUT2D eigenvalue weighted by atomic mass is 9.92. The van der Waals surface area contributed by atoms with E-state index in [1.165, 1.54) is 32.1 Å². The summed E-state index contributed by atoms with van der Waals surface area (Å²) in [6.45, 7) is 0.813. The summed E-state index contributed by atoms with van der Waals surface area (Å²) in [4.78, 5) is 16.8. The normalized spacial score (nSPS) is 26.4. The highest BCUT2D eigenvalue weighted by atomic mass is 35.5. The van der Waals surface area contributed by atoms with Crippen LogP contribution in [0.3, 0.4) is 0 Å². The Morgan fingerprint density at radius 2 is 1.72 bits per heavy atom. The zero-order valence-electron chi connectivity index (χ0n) is 18.9. The predicted octanol–water partition coefficient (Wildman–Crippen LogP) is 4.43. The molecular weight excluding hydrogens is 449 g/mol. The first kappa shape index (κ1) is 25.3. The minimum Gasteiger partial charge on any atom is -0.358 e. The maximum atomic E-state index is 6.10. The third kappa shape index (κ3) is 5.24. The van der Waals surface area contributed by atoms with Crippen molar-refractivity contribution in [2.24, 2.45) is 5.73 Å². The van der Waals surface area contributed by atoms with Crippen LogP contribution in [0.1, 0.15) is 76.7 Å². The molecule has 1 atom stereocenters. The summed E-state index contributed by atoms with van der Waals surface area (Å²) >= 11 is 0. The molecule has 1 unspecified atom stereocenters. The van der Waals surface area contributed by atoms with E-state index in [0.717, 1.165) is 62.1 Å². The molecule has 0 spiro atoms. The van der Waals surface area contributed by atoms with Crippen LogP contribution in [0.4, 0.5) is 11.8 Å². The second-order valence-electron chi connectivity index (χ2n) is 9.32. The lowest BCUT2D eigenvalue weighted by Gasteiger charge is -2.32. The van der Waals surface area contributed by atoms with Crippen molar-refractivity contribution in [3.8, 4) is 0 Å². The largest absolute Gasteiger partial charge is 0.358 e. The Balaban J connectivity index is 0.00000144. The molecule has 2 saturated carbocycles. The molecule has 3 aliphatic rings. The molecule has 0 bridgehead atoms. The first-order chi connectivity index (χ1) is 14.7. The van der Waals surface area contributed by atoms with Crippen molar-refractivity contribution >= 4 is 47.7 Å². The van der Waals surface area contributed by atoms with Gasteiger partial charge in [-0.15, -0.1) is 24.8 Å². The number of nitrogens with one attached hydrogen (secondary N) is 1. The van der Waals surface area contributed by atoms with Crippen LogP contribution in [0.15, 0.2) is 6.33 Å². The SMILES string of the molecule is CN(c1nc(N[C@H]2CC[C@H](N)CC2)nc2c1ncn2C1CCCC1)C1CCCCO1.Cl.Cl.